The molecule has 2 heterocycles. The lowest BCUT2D eigenvalue weighted by Gasteiger charge is -2.15. The number of nitrogens with one attached hydrogen (secondary N) is 2. The molecule has 18 heavy (non-hydrogen) atoms. The van der Waals surface area contributed by atoms with E-state index in [2.05, 4.69) is 41.6 Å². The van der Waals surface area contributed by atoms with Gasteiger partial charge in [0.1, 0.15) is 5.82 Å². The summed E-state index contributed by atoms with van der Waals surface area (Å²) in [5.74, 6) is 6.30. The zero-order valence-corrected chi connectivity index (χ0v) is 11.3. The smallest absolute Gasteiger partial charge is 0.239 e. The average molecular weight is 309 g/mol. The van der Waals surface area contributed by atoms with Gasteiger partial charge in [0.25, 0.3) is 0 Å². The molecule has 2 aromatic heterocycles. The molecule has 0 radical (unpaired) electrons. The van der Waals surface area contributed by atoms with Crippen molar-refractivity contribution in [3.05, 3.63) is 40.8 Å². The number of nitrogens with zero attached hydrogens (tertiary/aromatic N) is 3. The van der Waals surface area contributed by atoms with Gasteiger partial charge in [0, 0.05) is 12.4 Å². The molecular weight excluding hydrogens is 296 g/mol. The van der Waals surface area contributed by atoms with E-state index >= 15 is 0 Å². The normalized spacial score (nSPS) is 11.9. The van der Waals surface area contributed by atoms with Crippen molar-refractivity contribution >= 4 is 27.7 Å². The van der Waals surface area contributed by atoms with Gasteiger partial charge in [0.05, 0.1) is 16.2 Å². The van der Waals surface area contributed by atoms with Gasteiger partial charge in [-0.2, -0.15) is 4.98 Å². The largest absolute Gasteiger partial charge is 0.361 e. The van der Waals surface area contributed by atoms with Gasteiger partial charge in [0.15, 0.2) is 0 Å². The fourth-order valence-corrected chi connectivity index (χ4v) is 1.75. The number of hydrogen-bond donors (Lipinski definition) is 3. The highest BCUT2D eigenvalue weighted by Gasteiger charge is 2.10. The van der Waals surface area contributed by atoms with Crippen LogP contribution in [0.25, 0.3) is 0 Å². The molecular formula is C11H13BrN6. The van der Waals surface area contributed by atoms with Crippen LogP contribution in [0, 0.1) is 0 Å². The van der Waals surface area contributed by atoms with Crippen LogP contribution in [-0.2, 0) is 0 Å². The second-order valence-electron chi connectivity index (χ2n) is 3.66. The molecule has 0 bridgehead atoms. The van der Waals surface area contributed by atoms with Crippen molar-refractivity contribution in [1.29, 1.82) is 0 Å². The minimum atomic E-state index is 0.0306. The molecule has 1 atom stereocenters. The number of rotatable bonds is 4. The average Bonchev–Trinajstić information content (AvgIpc) is 2.42. The first-order valence-electron chi connectivity index (χ1n) is 5.37. The molecule has 0 fully saturated rings. The van der Waals surface area contributed by atoms with Crippen LogP contribution in [0.3, 0.4) is 0 Å². The first-order valence-corrected chi connectivity index (χ1v) is 6.16. The van der Waals surface area contributed by atoms with E-state index in [1.54, 1.807) is 12.4 Å². The second-order valence-corrected chi connectivity index (χ2v) is 4.51. The van der Waals surface area contributed by atoms with Crippen molar-refractivity contribution in [3.8, 4) is 0 Å². The quantitative estimate of drug-likeness (QED) is 0.592. The number of hydrogen-bond acceptors (Lipinski definition) is 6. The van der Waals surface area contributed by atoms with E-state index in [-0.39, 0.29) is 6.04 Å². The number of halogens is 1. The molecule has 0 amide bonds. The van der Waals surface area contributed by atoms with Gasteiger partial charge in [-0.25, -0.2) is 10.8 Å². The molecule has 0 aliphatic rings. The van der Waals surface area contributed by atoms with Crippen LogP contribution in [0.4, 0.5) is 11.8 Å². The number of nitrogens with two attached hydrogens (primary N) is 1. The van der Waals surface area contributed by atoms with Gasteiger partial charge >= 0.3 is 0 Å². The molecule has 6 nitrogen and oxygen atoms in total. The Kier molecular flexibility index (Phi) is 4.06. The minimum absolute atomic E-state index is 0.0306. The maximum atomic E-state index is 5.28. The molecule has 0 aliphatic carbocycles. The van der Waals surface area contributed by atoms with Crippen LogP contribution in [-0.4, -0.2) is 15.0 Å². The van der Waals surface area contributed by atoms with E-state index in [1.807, 2.05) is 25.1 Å². The monoisotopic (exact) mass is 308 g/mol. The van der Waals surface area contributed by atoms with Gasteiger partial charge in [-0.1, -0.05) is 6.07 Å². The van der Waals surface area contributed by atoms with Crippen LogP contribution in [0.1, 0.15) is 18.7 Å². The molecule has 2 rings (SSSR count). The highest BCUT2D eigenvalue weighted by atomic mass is 79.9. The Bertz CT molecular complexity index is 518. The first-order chi connectivity index (χ1) is 8.70. The molecule has 0 saturated carbocycles. The predicted molar refractivity (Wildman–Crippen MR) is 73.8 cm³/mol. The number of nitrogen functional groups attached to an aromatic ring is 1. The third-order valence-corrected chi connectivity index (χ3v) is 2.94. The zero-order valence-electron chi connectivity index (χ0n) is 9.76. The number of aromatic nitrogens is 3. The molecule has 0 aromatic carbocycles. The van der Waals surface area contributed by atoms with Crippen molar-refractivity contribution < 1.29 is 0 Å². The van der Waals surface area contributed by atoms with Crippen molar-refractivity contribution in [3.63, 3.8) is 0 Å². The summed E-state index contributed by atoms with van der Waals surface area (Å²) in [4.78, 5) is 12.5. The lowest BCUT2D eigenvalue weighted by atomic mass is 10.2. The summed E-state index contributed by atoms with van der Waals surface area (Å²) >= 11 is 3.38. The van der Waals surface area contributed by atoms with Crippen LogP contribution in [0.2, 0.25) is 0 Å². The van der Waals surface area contributed by atoms with Crippen molar-refractivity contribution in [2.45, 2.75) is 13.0 Å². The van der Waals surface area contributed by atoms with Gasteiger partial charge in [-0.05, 0) is 35.0 Å². The molecule has 0 aliphatic heterocycles. The van der Waals surface area contributed by atoms with E-state index in [0.29, 0.717) is 11.8 Å². The fourth-order valence-electron chi connectivity index (χ4n) is 1.45. The minimum Gasteiger partial charge on any atom is -0.361 e. The van der Waals surface area contributed by atoms with Crippen molar-refractivity contribution in [2.24, 2.45) is 5.84 Å². The van der Waals surface area contributed by atoms with Crippen LogP contribution >= 0.6 is 15.9 Å². The number of hydrazine groups is 1. The lowest BCUT2D eigenvalue weighted by Crippen LogP contribution is -2.14. The Morgan fingerprint density at radius 3 is 2.83 bits per heavy atom. The Morgan fingerprint density at radius 1 is 1.33 bits per heavy atom. The van der Waals surface area contributed by atoms with Gasteiger partial charge < -0.3 is 5.32 Å². The number of pyridine rings is 1. The van der Waals surface area contributed by atoms with E-state index in [4.69, 9.17) is 5.84 Å². The zero-order chi connectivity index (χ0) is 13.0. The van der Waals surface area contributed by atoms with Gasteiger partial charge in [-0.15, -0.1) is 0 Å². The lowest BCUT2D eigenvalue weighted by molar-refractivity contribution is 0.829. The Balaban J connectivity index is 2.18. The van der Waals surface area contributed by atoms with Crippen LogP contribution < -0.4 is 16.6 Å². The Hall–Kier alpha value is -1.73. The maximum Gasteiger partial charge on any atom is 0.239 e. The maximum absolute atomic E-state index is 5.28. The summed E-state index contributed by atoms with van der Waals surface area (Å²) in [6.45, 7) is 2.01. The summed E-state index contributed by atoms with van der Waals surface area (Å²) in [6, 6.07) is 5.81. The van der Waals surface area contributed by atoms with E-state index in [1.165, 1.54) is 0 Å². The van der Waals surface area contributed by atoms with Crippen LogP contribution in [0.15, 0.2) is 35.1 Å². The summed E-state index contributed by atoms with van der Waals surface area (Å²) in [5.41, 5.74) is 3.34. The topological polar surface area (TPSA) is 88.8 Å². The van der Waals surface area contributed by atoms with Gasteiger partial charge in [-0.3, -0.25) is 10.4 Å². The highest BCUT2D eigenvalue weighted by Crippen LogP contribution is 2.24. The highest BCUT2D eigenvalue weighted by molar-refractivity contribution is 9.10. The summed E-state index contributed by atoms with van der Waals surface area (Å²) in [6.07, 6.45) is 3.39. The van der Waals surface area contributed by atoms with Crippen molar-refractivity contribution in [1.82, 2.24) is 15.0 Å². The SMILES string of the molecule is CC(Nc1nc(NN)ncc1Br)c1ccccn1. The standard InChI is InChI=1S/C11H13BrN6/c1-7(9-4-2-3-5-14-9)16-10-8(12)6-15-11(17-10)18-13/h2-7H,13H2,1H3,(H2,15,16,17,18). The van der Waals surface area contributed by atoms with E-state index < -0.39 is 0 Å². The number of anilines is 2. The van der Waals surface area contributed by atoms with Crippen LogP contribution in [0.5, 0.6) is 0 Å². The third kappa shape index (κ3) is 2.93. The Labute approximate surface area is 113 Å². The molecule has 0 spiro atoms. The summed E-state index contributed by atoms with van der Waals surface area (Å²) < 4.78 is 0.768. The van der Waals surface area contributed by atoms with E-state index in [9.17, 15) is 0 Å². The predicted octanol–water partition coefficient (Wildman–Crippen LogP) is 2.09. The molecule has 7 heteroatoms. The summed E-state index contributed by atoms with van der Waals surface area (Å²) in [7, 11) is 0. The summed E-state index contributed by atoms with van der Waals surface area (Å²) in [5, 5.41) is 3.25. The third-order valence-electron chi connectivity index (χ3n) is 2.36. The molecule has 94 valence electrons. The Morgan fingerprint density at radius 2 is 2.17 bits per heavy atom. The molecule has 0 saturated heterocycles. The molecule has 4 N–H and O–H groups in total. The van der Waals surface area contributed by atoms with E-state index in [0.717, 1.165) is 10.2 Å². The fraction of sp³-hybridized carbons (Fsp3) is 0.182. The molecule has 2 aromatic rings. The second kappa shape index (κ2) is 5.74. The molecule has 1 unspecified atom stereocenters. The first kappa shape index (κ1) is 12.7. The van der Waals surface area contributed by atoms with Gasteiger partial charge in [0.2, 0.25) is 5.95 Å². The van der Waals surface area contributed by atoms with Crippen molar-refractivity contribution in [2.75, 3.05) is 10.7 Å².